The van der Waals surface area contributed by atoms with Gasteiger partial charge in [0.1, 0.15) is 16.5 Å². The Balaban J connectivity index is 1.74. The van der Waals surface area contributed by atoms with Crippen molar-refractivity contribution in [3.05, 3.63) is 64.2 Å². The van der Waals surface area contributed by atoms with Crippen molar-refractivity contribution in [1.82, 2.24) is 10.2 Å². The van der Waals surface area contributed by atoms with Gasteiger partial charge in [0.25, 0.3) is 0 Å². The smallest absolute Gasteiger partial charge is 0.310 e. The standard InChI is InChI=1S/C21H22N2O3S2/c1-4-25-20(24)12-16-6-5-7-18(11-16)26-19-9-8-14(2)10-17(19)13-27-21-23-22-15(3)28-21/h5-11H,4,12-13H2,1-3H3. The quantitative estimate of drug-likeness (QED) is 0.366. The molecule has 0 aliphatic heterocycles. The summed E-state index contributed by atoms with van der Waals surface area (Å²) in [6, 6.07) is 13.7. The molecule has 0 aliphatic carbocycles. The van der Waals surface area contributed by atoms with E-state index >= 15 is 0 Å². The summed E-state index contributed by atoms with van der Waals surface area (Å²) in [5, 5.41) is 9.19. The van der Waals surface area contributed by atoms with Crippen LogP contribution in [0.3, 0.4) is 0 Å². The van der Waals surface area contributed by atoms with Crippen molar-refractivity contribution in [2.75, 3.05) is 6.61 Å². The van der Waals surface area contributed by atoms with Crippen molar-refractivity contribution in [2.24, 2.45) is 0 Å². The van der Waals surface area contributed by atoms with E-state index in [1.54, 1.807) is 30.0 Å². The molecule has 0 saturated carbocycles. The fraction of sp³-hybridized carbons (Fsp3) is 0.286. The number of ether oxygens (including phenoxy) is 2. The van der Waals surface area contributed by atoms with E-state index in [9.17, 15) is 4.79 Å². The molecule has 0 aliphatic rings. The topological polar surface area (TPSA) is 61.3 Å². The van der Waals surface area contributed by atoms with Crippen LogP contribution in [-0.2, 0) is 21.7 Å². The van der Waals surface area contributed by atoms with Gasteiger partial charge in [0.15, 0.2) is 4.34 Å². The van der Waals surface area contributed by atoms with Crippen molar-refractivity contribution in [3.63, 3.8) is 0 Å². The second-order valence-corrected chi connectivity index (χ2v) is 8.62. The summed E-state index contributed by atoms with van der Waals surface area (Å²) >= 11 is 3.24. The Hall–Kier alpha value is -2.38. The molecule has 3 aromatic rings. The zero-order chi connectivity index (χ0) is 19.9. The largest absolute Gasteiger partial charge is 0.466 e. The summed E-state index contributed by atoms with van der Waals surface area (Å²) in [6.45, 7) is 6.20. The van der Waals surface area contributed by atoms with E-state index in [-0.39, 0.29) is 12.4 Å². The van der Waals surface area contributed by atoms with Crippen molar-refractivity contribution >= 4 is 29.1 Å². The summed E-state index contributed by atoms with van der Waals surface area (Å²) in [6.07, 6.45) is 0.234. The molecule has 0 spiro atoms. The van der Waals surface area contributed by atoms with Gasteiger partial charge in [0.05, 0.1) is 13.0 Å². The first-order valence-electron chi connectivity index (χ1n) is 8.98. The average Bonchev–Trinajstić information content (AvgIpc) is 3.08. The third kappa shape index (κ3) is 5.81. The van der Waals surface area contributed by atoms with Crippen LogP contribution >= 0.6 is 23.1 Å². The Morgan fingerprint density at radius 3 is 2.75 bits per heavy atom. The van der Waals surface area contributed by atoms with E-state index in [4.69, 9.17) is 9.47 Å². The van der Waals surface area contributed by atoms with Gasteiger partial charge in [-0.1, -0.05) is 52.9 Å². The number of aryl methyl sites for hydroxylation is 2. The monoisotopic (exact) mass is 414 g/mol. The van der Waals surface area contributed by atoms with Crippen molar-refractivity contribution in [2.45, 2.75) is 37.3 Å². The minimum absolute atomic E-state index is 0.234. The molecule has 1 aromatic heterocycles. The number of rotatable bonds is 8. The first-order chi connectivity index (χ1) is 13.5. The van der Waals surface area contributed by atoms with Crippen LogP contribution < -0.4 is 4.74 Å². The molecule has 7 heteroatoms. The zero-order valence-corrected chi connectivity index (χ0v) is 17.7. The molecule has 0 saturated heterocycles. The predicted octanol–water partition coefficient (Wildman–Crippen LogP) is 5.35. The van der Waals surface area contributed by atoms with Gasteiger partial charge in [-0.2, -0.15) is 0 Å². The number of aromatic nitrogens is 2. The van der Waals surface area contributed by atoms with E-state index in [1.807, 2.05) is 43.3 Å². The minimum Gasteiger partial charge on any atom is -0.466 e. The highest BCUT2D eigenvalue weighted by Gasteiger charge is 2.10. The van der Waals surface area contributed by atoms with Crippen molar-refractivity contribution in [3.8, 4) is 11.5 Å². The maximum absolute atomic E-state index is 11.7. The van der Waals surface area contributed by atoms with Crippen LogP contribution in [0.4, 0.5) is 0 Å². The Morgan fingerprint density at radius 2 is 2.00 bits per heavy atom. The molecule has 3 rings (SSSR count). The molecular weight excluding hydrogens is 392 g/mol. The number of thioether (sulfide) groups is 1. The van der Waals surface area contributed by atoms with E-state index in [2.05, 4.69) is 23.2 Å². The normalized spacial score (nSPS) is 10.7. The molecule has 0 amide bonds. The molecule has 0 bridgehead atoms. The second-order valence-electron chi connectivity index (χ2n) is 6.22. The van der Waals surface area contributed by atoms with E-state index in [1.165, 1.54) is 5.56 Å². The van der Waals surface area contributed by atoms with Gasteiger partial charge in [-0.3, -0.25) is 4.79 Å². The number of benzene rings is 2. The van der Waals surface area contributed by atoms with E-state index < -0.39 is 0 Å². The third-order valence-corrected chi connectivity index (χ3v) is 5.88. The molecule has 0 atom stereocenters. The van der Waals surface area contributed by atoms with Gasteiger partial charge < -0.3 is 9.47 Å². The Labute approximate surface area is 173 Å². The molecule has 28 heavy (non-hydrogen) atoms. The lowest BCUT2D eigenvalue weighted by molar-refractivity contribution is -0.142. The lowest BCUT2D eigenvalue weighted by atomic mass is 10.1. The van der Waals surface area contributed by atoms with Gasteiger partial charge in [-0.05, 0) is 44.5 Å². The molecule has 146 valence electrons. The van der Waals surface area contributed by atoms with Gasteiger partial charge in [-0.25, -0.2) is 0 Å². The fourth-order valence-electron chi connectivity index (χ4n) is 2.62. The summed E-state index contributed by atoms with van der Waals surface area (Å²) < 4.78 is 12.1. The van der Waals surface area contributed by atoms with E-state index in [0.717, 1.165) is 32.0 Å². The highest BCUT2D eigenvalue weighted by molar-refractivity contribution is 8.00. The van der Waals surface area contributed by atoms with Crippen LogP contribution in [0.15, 0.2) is 46.8 Å². The lowest BCUT2D eigenvalue weighted by Gasteiger charge is -2.12. The lowest BCUT2D eigenvalue weighted by Crippen LogP contribution is -2.07. The first-order valence-corrected chi connectivity index (χ1v) is 10.8. The summed E-state index contributed by atoms with van der Waals surface area (Å²) in [5.74, 6) is 2.00. The molecule has 1 heterocycles. The van der Waals surface area contributed by atoms with Crippen LogP contribution in [0.1, 0.15) is 28.6 Å². The molecular formula is C21H22N2O3S2. The maximum atomic E-state index is 11.7. The molecule has 0 N–H and O–H groups in total. The van der Waals surface area contributed by atoms with Crippen LogP contribution in [0.25, 0.3) is 0 Å². The maximum Gasteiger partial charge on any atom is 0.310 e. The Kier molecular flexibility index (Phi) is 7.06. The molecule has 5 nitrogen and oxygen atoms in total. The van der Waals surface area contributed by atoms with Crippen LogP contribution in [0.2, 0.25) is 0 Å². The van der Waals surface area contributed by atoms with E-state index in [0.29, 0.717) is 12.4 Å². The van der Waals surface area contributed by atoms with Crippen LogP contribution in [0, 0.1) is 13.8 Å². The molecule has 0 fully saturated rings. The number of carbonyl (C=O) groups excluding carboxylic acids is 1. The highest BCUT2D eigenvalue weighted by Crippen LogP contribution is 2.33. The molecule has 0 unspecified atom stereocenters. The molecule has 0 radical (unpaired) electrons. The van der Waals surface area contributed by atoms with Gasteiger partial charge in [0.2, 0.25) is 0 Å². The summed E-state index contributed by atoms with van der Waals surface area (Å²) in [7, 11) is 0. The van der Waals surface area contributed by atoms with Crippen molar-refractivity contribution < 1.29 is 14.3 Å². The second kappa shape index (κ2) is 9.71. The zero-order valence-electron chi connectivity index (χ0n) is 16.1. The van der Waals surface area contributed by atoms with Gasteiger partial charge >= 0.3 is 5.97 Å². The number of nitrogens with zero attached hydrogens (tertiary/aromatic N) is 2. The van der Waals surface area contributed by atoms with Gasteiger partial charge in [-0.15, -0.1) is 10.2 Å². The van der Waals surface area contributed by atoms with Crippen LogP contribution in [-0.4, -0.2) is 22.8 Å². The summed E-state index contributed by atoms with van der Waals surface area (Å²) in [4.78, 5) is 11.7. The minimum atomic E-state index is -0.237. The SMILES string of the molecule is CCOC(=O)Cc1cccc(Oc2ccc(C)cc2CSc2nnc(C)s2)c1. The fourth-order valence-corrected chi connectivity index (χ4v) is 4.41. The summed E-state index contributed by atoms with van der Waals surface area (Å²) in [5.41, 5.74) is 3.13. The van der Waals surface area contributed by atoms with Gasteiger partial charge in [0, 0.05) is 11.3 Å². The highest BCUT2D eigenvalue weighted by atomic mass is 32.2. The number of hydrogen-bond acceptors (Lipinski definition) is 7. The van der Waals surface area contributed by atoms with Crippen LogP contribution in [0.5, 0.6) is 11.5 Å². The average molecular weight is 415 g/mol. The number of carbonyl (C=O) groups is 1. The third-order valence-electron chi connectivity index (χ3n) is 3.85. The Bertz CT molecular complexity index is 956. The Morgan fingerprint density at radius 1 is 1.14 bits per heavy atom. The molecule has 2 aromatic carbocycles. The predicted molar refractivity (Wildman–Crippen MR) is 112 cm³/mol. The first kappa shape index (κ1) is 20.4. The van der Waals surface area contributed by atoms with Crippen molar-refractivity contribution in [1.29, 1.82) is 0 Å². The number of esters is 1. The number of hydrogen-bond donors (Lipinski definition) is 0.